The van der Waals surface area contributed by atoms with E-state index in [9.17, 15) is 4.79 Å². The number of nitrogens with zero attached hydrogens (tertiary/aromatic N) is 2. The summed E-state index contributed by atoms with van der Waals surface area (Å²) >= 11 is 0. The molecule has 0 atom stereocenters. The van der Waals surface area contributed by atoms with E-state index in [4.69, 9.17) is 10.5 Å². The van der Waals surface area contributed by atoms with E-state index in [0.29, 0.717) is 22.3 Å². The van der Waals surface area contributed by atoms with Crippen LogP contribution in [0.5, 0.6) is 0 Å². The average molecular weight is 230 g/mol. The van der Waals surface area contributed by atoms with E-state index in [2.05, 4.69) is 0 Å². The van der Waals surface area contributed by atoms with Gasteiger partial charge in [0, 0.05) is 11.1 Å². The number of ketones is 1. The lowest BCUT2D eigenvalue weighted by molar-refractivity contribution is 0.104. The molecule has 0 fully saturated rings. The number of benzene rings is 2. The van der Waals surface area contributed by atoms with Crippen LogP contribution in [0.15, 0.2) is 36.4 Å². The number of hydrogen-bond donors (Lipinski definition) is 0. The fourth-order valence-electron chi connectivity index (χ4n) is 2.22. The Labute approximate surface area is 104 Å². The molecule has 0 N–H and O–H groups in total. The Bertz CT molecular complexity index is 711. The van der Waals surface area contributed by atoms with Crippen LogP contribution in [0.1, 0.15) is 27.0 Å². The first-order chi connectivity index (χ1) is 8.74. The molecule has 0 saturated heterocycles. The number of carbonyl (C=O) groups is 1. The van der Waals surface area contributed by atoms with E-state index in [0.717, 1.165) is 11.1 Å². The van der Waals surface area contributed by atoms with Crippen LogP contribution in [-0.4, -0.2) is 5.78 Å². The quantitative estimate of drug-likeness (QED) is 0.596. The van der Waals surface area contributed by atoms with Crippen molar-refractivity contribution in [2.75, 3.05) is 0 Å². The van der Waals surface area contributed by atoms with Crippen molar-refractivity contribution in [1.29, 1.82) is 10.5 Å². The molecule has 3 rings (SSSR count). The molecular weight excluding hydrogens is 224 g/mol. The number of nitriles is 2. The summed E-state index contributed by atoms with van der Waals surface area (Å²) in [4.78, 5) is 12.2. The molecule has 82 valence electrons. The second kappa shape index (κ2) is 3.55. The van der Waals surface area contributed by atoms with Gasteiger partial charge < -0.3 is 0 Å². The normalized spacial score (nSPS) is 11.3. The lowest BCUT2D eigenvalue weighted by Crippen LogP contribution is -1.96. The minimum Gasteiger partial charge on any atom is -0.289 e. The molecule has 0 bridgehead atoms. The molecule has 0 spiro atoms. The fourth-order valence-corrected chi connectivity index (χ4v) is 2.22. The first-order valence-electron chi connectivity index (χ1n) is 5.38. The topological polar surface area (TPSA) is 64.7 Å². The van der Waals surface area contributed by atoms with E-state index in [1.54, 1.807) is 36.4 Å². The first-order valence-corrected chi connectivity index (χ1v) is 5.38. The van der Waals surface area contributed by atoms with Gasteiger partial charge >= 0.3 is 0 Å². The fraction of sp³-hybridized carbons (Fsp3) is 0. The lowest BCUT2D eigenvalue weighted by Gasteiger charge is -1.99. The van der Waals surface area contributed by atoms with Gasteiger partial charge in [-0.3, -0.25) is 4.79 Å². The largest absolute Gasteiger partial charge is 0.289 e. The van der Waals surface area contributed by atoms with Crippen LogP contribution < -0.4 is 0 Å². The molecule has 3 nitrogen and oxygen atoms in total. The Balaban J connectivity index is 2.29. The minimum absolute atomic E-state index is 0.116. The molecule has 3 heteroatoms. The van der Waals surface area contributed by atoms with E-state index < -0.39 is 0 Å². The van der Waals surface area contributed by atoms with Crippen molar-refractivity contribution in [3.63, 3.8) is 0 Å². The number of fused-ring (bicyclic) bond motifs is 3. The molecule has 0 radical (unpaired) electrons. The van der Waals surface area contributed by atoms with Crippen LogP contribution in [0.25, 0.3) is 11.1 Å². The summed E-state index contributed by atoms with van der Waals surface area (Å²) in [5, 5.41) is 17.7. The van der Waals surface area contributed by atoms with Crippen molar-refractivity contribution >= 4 is 5.78 Å². The highest BCUT2D eigenvalue weighted by Gasteiger charge is 2.26. The average Bonchev–Trinajstić information content (AvgIpc) is 2.71. The zero-order chi connectivity index (χ0) is 12.7. The summed E-state index contributed by atoms with van der Waals surface area (Å²) in [6.45, 7) is 0. The van der Waals surface area contributed by atoms with Crippen LogP contribution in [0.3, 0.4) is 0 Å². The minimum atomic E-state index is -0.116. The summed E-state index contributed by atoms with van der Waals surface area (Å²) in [7, 11) is 0. The zero-order valence-electron chi connectivity index (χ0n) is 9.27. The van der Waals surface area contributed by atoms with Crippen molar-refractivity contribution < 1.29 is 4.79 Å². The Morgan fingerprint density at radius 3 is 1.56 bits per heavy atom. The van der Waals surface area contributed by atoms with Gasteiger partial charge in [-0.25, -0.2) is 0 Å². The zero-order valence-corrected chi connectivity index (χ0v) is 9.27. The van der Waals surface area contributed by atoms with Crippen molar-refractivity contribution in [1.82, 2.24) is 0 Å². The van der Waals surface area contributed by atoms with Crippen molar-refractivity contribution in [3.8, 4) is 23.3 Å². The van der Waals surface area contributed by atoms with Crippen LogP contribution in [0.2, 0.25) is 0 Å². The van der Waals surface area contributed by atoms with Crippen molar-refractivity contribution in [2.45, 2.75) is 0 Å². The first kappa shape index (κ1) is 10.3. The Hall–Kier alpha value is -2.91. The molecule has 2 aromatic rings. The second-order valence-electron chi connectivity index (χ2n) is 4.07. The van der Waals surface area contributed by atoms with Crippen LogP contribution in [0.4, 0.5) is 0 Å². The van der Waals surface area contributed by atoms with E-state index in [-0.39, 0.29) is 5.78 Å². The maximum Gasteiger partial charge on any atom is 0.194 e. The molecule has 0 amide bonds. The van der Waals surface area contributed by atoms with E-state index in [1.165, 1.54) is 0 Å². The van der Waals surface area contributed by atoms with Gasteiger partial charge in [0.15, 0.2) is 5.78 Å². The molecule has 2 aromatic carbocycles. The Morgan fingerprint density at radius 1 is 0.722 bits per heavy atom. The van der Waals surface area contributed by atoms with Crippen LogP contribution in [0, 0.1) is 22.7 Å². The van der Waals surface area contributed by atoms with Gasteiger partial charge in [0.2, 0.25) is 0 Å². The molecule has 0 unspecified atom stereocenters. The van der Waals surface area contributed by atoms with Gasteiger partial charge in [-0.15, -0.1) is 0 Å². The van der Waals surface area contributed by atoms with Gasteiger partial charge in [-0.2, -0.15) is 10.5 Å². The predicted octanol–water partition coefficient (Wildman–Crippen LogP) is 2.64. The molecule has 0 aromatic heterocycles. The monoisotopic (exact) mass is 230 g/mol. The Kier molecular flexibility index (Phi) is 2.02. The number of rotatable bonds is 0. The highest BCUT2D eigenvalue weighted by Crippen LogP contribution is 2.37. The molecule has 1 aliphatic rings. The number of carbonyl (C=O) groups excluding carboxylic acids is 1. The van der Waals surface area contributed by atoms with E-state index in [1.807, 2.05) is 12.1 Å². The van der Waals surface area contributed by atoms with Gasteiger partial charge in [0.05, 0.1) is 23.3 Å². The summed E-state index contributed by atoms with van der Waals surface area (Å²) in [6.07, 6.45) is 0. The summed E-state index contributed by atoms with van der Waals surface area (Å²) in [5.41, 5.74) is 3.68. The Morgan fingerprint density at radius 2 is 1.17 bits per heavy atom. The summed E-state index contributed by atoms with van der Waals surface area (Å²) in [6, 6.07) is 14.2. The molecule has 0 aliphatic heterocycles. The summed E-state index contributed by atoms with van der Waals surface area (Å²) in [5.74, 6) is -0.116. The molecular formula is C15H6N2O. The maximum atomic E-state index is 12.2. The van der Waals surface area contributed by atoms with E-state index >= 15 is 0 Å². The highest BCUT2D eigenvalue weighted by molar-refractivity contribution is 6.21. The SMILES string of the molecule is N#Cc1ccc2c(c1)C(=O)c1cc(C#N)ccc1-2. The summed E-state index contributed by atoms with van der Waals surface area (Å²) < 4.78 is 0. The molecule has 18 heavy (non-hydrogen) atoms. The van der Waals surface area contributed by atoms with Crippen LogP contribution in [-0.2, 0) is 0 Å². The maximum absolute atomic E-state index is 12.2. The van der Waals surface area contributed by atoms with Crippen molar-refractivity contribution in [3.05, 3.63) is 58.7 Å². The van der Waals surface area contributed by atoms with Gasteiger partial charge in [0.1, 0.15) is 0 Å². The third kappa shape index (κ3) is 1.25. The third-order valence-corrected chi connectivity index (χ3v) is 3.08. The predicted molar refractivity (Wildman–Crippen MR) is 64.7 cm³/mol. The second-order valence-corrected chi connectivity index (χ2v) is 4.07. The van der Waals surface area contributed by atoms with Gasteiger partial charge in [-0.05, 0) is 35.4 Å². The molecule has 1 aliphatic carbocycles. The van der Waals surface area contributed by atoms with Crippen LogP contribution >= 0.6 is 0 Å². The third-order valence-electron chi connectivity index (χ3n) is 3.08. The highest BCUT2D eigenvalue weighted by atomic mass is 16.1. The van der Waals surface area contributed by atoms with Crippen molar-refractivity contribution in [2.24, 2.45) is 0 Å². The molecule has 0 heterocycles. The smallest absolute Gasteiger partial charge is 0.194 e. The van der Waals surface area contributed by atoms with Gasteiger partial charge in [-0.1, -0.05) is 12.1 Å². The lowest BCUT2D eigenvalue weighted by atomic mass is 10.0. The van der Waals surface area contributed by atoms with Gasteiger partial charge in [0.25, 0.3) is 0 Å². The molecule has 0 saturated carbocycles. The number of hydrogen-bond acceptors (Lipinski definition) is 3. The standard InChI is InChI=1S/C15H6N2O/c16-7-9-1-3-11-12-4-2-10(8-17)6-14(12)15(18)13(11)5-9/h1-6H.